The van der Waals surface area contributed by atoms with E-state index in [-0.39, 0.29) is 35.7 Å². The number of nitrogens with zero attached hydrogens (tertiary/aromatic N) is 3. The maximum atomic E-state index is 12.9. The Balaban J connectivity index is 0.00000288. The maximum Gasteiger partial charge on any atom is 0.246 e. The van der Waals surface area contributed by atoms with Crippen LogP contribution < -0.4 is 11.1 Å². The number of halogens is 1. The van der Waals surface area contributed by atoms with Gasteiger partial charge in [0, 0.05) is 33.2 Å². The molecule has 2 rings (SSSR count). The summed E-state index contributed by atoms with van der Waals surface area (Å²) in [7, 11) is -1.92. The highest BCUT2D eigenvalue weighted by Crippen LogP contribution is 2.27. The van der Waals surface area contributed by atoms with Crippen molar-refractivity contribution in [3.8, 4) is 0 Å². The Bertz CT molecular complexity index is 689. The molecule has 2 heterocycles. The number of hydrogen-bond acceptors (Lipinski definition) is 5. The second-order valence-corrected chi connectivity index (χ2v) is 7.78. The van der Waals surface area contributed by atoms with Gasteiger partial charge >= 0.3 is 0 Å². The van der Waals surface area contributed by atoms with E-state index in [1.165, 1.54) is 4.31 Å². The number of piperidine rings is 1. The van der Waals surface area contributed by atoms with Gasteiger partial charge in [0.15, 0.2) is 0 Å². The number of rotatable bonds is 5. The molecule has 8 nitrogen and oxygen atoms in total. The third-order valence-electron chi connectivity index (χ3n) is 4.24. The van der Waals surface area contributed by atoms with Crippen LogP contribution in [0.5, 0.6) is 0 Å². The van der Waals surface area contributed by atoms with Crippen LogP contribution in [-0.4, -0.2) is 54.6 Å². The minimum absolute atomic E-state index is 0. The fraction of sp³-hybridized carbons (Fsp3) is 0.714. The molecular formula is C14H26ClN5O3S. The number of hydrogen-bond donors (Lipinski definition) is 2. The second-order valence-electron chi connectivity index (χ2n) is 5.91. The van der Waals surface area contributed by atoms with Crippen molar-refractivity contribution in [2.24, 2.45) is 18.7 Å². The maximum absolute atomic E-state index is 12.9. The molecule has 1 saturated heterocycles. The molecule has 1 atom stereocenters. The zero-order valence-corrected chi connectivity index (χ0v) is 15.9. The summed E-state index contributed by atoms with van der Waals surface area (Å²) in [6, 6.07) is 0. The standard InChI is InChI=1S/C14H25N5O3S.ClH/c1-10-13(11(2)18(3)17-10)23(21,22)19-8-4-5-12(9-19)14(20)16-7-6-15;/h12H,4-9,15H2,1-3H3,(H,16,20);1H. The normalized spacial score (nSPS) is 18.9. The van der Waals surface area contributed by atoms with Crippen molar-refractivity contribution in [2.45, 2.75) is 31.6 Å². The molecular weight excluding hydrogens is 354 g/mol. The van der Waals surface area contributed by atoms with E-state index in [4.69, 9.17) is 5.73 Å². The van der Waals surface area contributed by atoms with Crippen LogP contribution in [-0.2, 0) is 21.9 Å². The smallest absolute Gasteiger partial charge is 0.246 e. The van der Waals surface area contributed by atoms with E-state index in [0.29, 0.717) is 43.9 Å². The predicted molar refractivity (Wildman–Crippen MR) is 93.5 cm³/mol. The van der Waals surface area contributed by atoms with Crippen LogP contribution in [0.2, 0.25) is 0 Å². The minimum Gasteiger partial charge on any atom is -0.355 e. The summed E-state index contributed by atoms with van der Waals surface area (Å²) >= 11 is 0. The van der Waals surface area contributed by atoms with Gasteiger partial charge in [0.05, 0.1) is 17.3 Å². The highest BCUT2D eigenvalue weighted by molar-refractivity contribution is 7.89. The van der Waals surface area contributed by atoms with Crippen LogP contribution in [0, 0.1) is 19.8 Å². The molecule has 1 unspecified atom stereocenters. The first-order chi connectivity index (χ1) is 10.8. The first-order valence-corrected chi connectivity index (χ1v) is 9.21. The van der Waals surface area contributed by atoms with Gasteiger partial charge in [-0.1, -0.05) is 0 Å². The highest BCUT2D eigenvalue weighted by Gasteiger charge is 2.36. The summed E-state index contributed by atoms with van der Waals surface area (Å²) in [5.41, 5.74) is 6.48. The molecule has 24 heavy (non-hydrogen) atoms. The number of aryl methyl sites for hydroxylation is 2. The molecule has 0 bridgehead atoms. The summed E-state index contributed by atoms with van der Waals surface area (Å²) in [5.74, 6) is -0.461. The molecule has 3 N–H and O–H groups in total. The number of nitrogens with one attached hydrogen (secondary N) is 1. The third-order valence-corrected chi connectivity index (χ3v) is 6.36. The summed E-state index contributed by atoms with van der Waals surface area (Å²) in [4.78, 5) is 12.4. The number of aromatic nitrogens is 2. The fourth-order valence-corrected chi connectivity index (χ4v) is 4.89. The quantitative estimate of drug-likeness (QED) is 0.744. The minimum atomic E-state index is -3.64. The molecule has 1 amide bonds. The molecule has 0 aromatic carbocycles. The van der Waals surface area contributed by atoms with Gasteiger partial charge in [-0.3, -0.25) is 9.48 Å². The van der Waals surface area contributed by atoms with E-state index in [1.807, 2.05) is 0 Å². The van der Waals surface area contributed by atoms with Crippen LogP contribution in [0.15, 0.2) is 4.90 Å². The van der Waals surface area contributed by atoms with Crippen LogP contribution in [0.1, 0.15) is 24.2 Å². The zero-order valence-electron chi connectivity index (χ0n) is 14.3. The lowest BCUT2D eigenvalue weighted by Crippen LogP contribution is -2.46. The Morgan fingerprint density at radius 3 is 2.62 bits per heavy atom. The summed E-state index contributed by atoms with van der Waals surface area (Å²) in [6.07, 6.45) is 1.35. The SMILES string of the molecule is Cc1nn(C)c(C)c1S(=O)(=O)N1CCCC(C(=O)NCCN)C1.Cl. The summed E-state index contributed by atoms with van der Waals surface area (Å²) < 4.78 is 28.9. The average Bonchev–Trinajstić information content (AvgIpc) is 2.78. The molecule has 138 valence electrons. The molecule has 1 fully saturated rings. The van der Waals surface area contributed by atoms with E-state index < -0.39 is 10.0 Å². The first kappa shape index (κ1) is 20.9. The predicted octanol–water partition coefficient (Wildman–Crippen LogP) is -0.0657. The van der Waals surface area contributed by atoms with Gasteiger partial charge in [0.1, 0.15) is 4.90 Å². The number of carbonyl (C=O) groups is 1. The van der Waals surface area contributed by atoms with Gasteiger partial charge in [0.2, 0.25) is 15.9 Å². The molecule has 0 spiro atoms. The van der Waals surface area contributed by atoms with Crippen molar-refractivity contribution in [1.29, 1.82) is 0 Å². The average molecular weight is 380 g/mol. The van der Waals surface area contributed by atoms with Gasteiger partial charge in [0.25, 0.3) is 0 Å². The van der Waals surface area contributed by atoms with E-state index >= 15 is 0 Å². The molecule has 1 aromatic rings. The number of nitrogens with two attached hydrogens (primary N) is 1. The Morgan fingerprint density at radius 2 is 2.08 bits per heavy atom. The van der Waals surface area contributed by atoms with Gasteiger partial charge in [-0.15, -0.1) is 12.4 Å². The van der Waals surface area contributed by atoms with Crippen LogP contribution >= 0.6 is 12.4 Å². The Kier molecular flexibility index (Phi) is 7.21. The molecule has 1 aliphatic heterocycles. The zero-order chi connectivity index (χ0) is 17.2. The van der Waals surface area contributed by atoms with E-state index in [0.717, 1.165) is 0 Å². The van der Waals surface area contributed by atoms with Crippen molar-refractivity contribution >= 4 is 28.3 Å². The van der Waals surface area contributed by atoms with Gasteiger partial charge in [-0.05, 0) is 26.7 Å². The lowest BCUT2D eigenvalue weighted by Gasteiger charge is -2.31. The Labute approximate surface area is 149 Å². The van der Waals surface area contributed by atoms with Crippen molar-refractivity contribution in [3.05, 3.63) is 11.4 Å². The van der Waals surface area contributed by atoms with Crippen molar-refractivity contribution < 1.29 is 13.2 Å². The monoisotopic (exact) mass is 379 g/mol. The van der Waals surface area contributed by atoms with Crippen molar-refractivity contribution in [1.82, 2.24) is 19.4 Å². The molecule has 1 aromatic heterocycles. The highest BCUT2D eigenvalue weighted by atomic mass is 35.5. The van der Waals surface area contributed by atoms with E-state index in [9.17, 15) is 13.2 Å². The van der Waals surface area contributed by atoms with Crippen LogP contribution in [0.4, 0.5) is 0 Å². The van der Waals surface area contributed by atoms with Crippen LogP contribution in [0.25, 0.3) is 0 Å². The lowest BCUT2D eigenvalue weighted by atomic mass is 9.99. The molecule has 0 radical (unpaired) electrons. The summed E-state index contributed by atoms with van der Waals surface area (Å²) in [5, 5.41) is 6.92. The van der Waals surface area contributed by atoms with Crippen LogP contribution in [0.3, 0.4) is 0 Å². The molecule has 10 heteroatoms. The fourth-order valence-electron chi connectivity index (χ4n) is 2.97. The largest absolute Gasteiger partial charge is 0.355 e. The summed E-state index contributed by atoms with van der Waals surface area (Å²) in [6.45, 7) is 4.83. The van der Waals surface area contributed by atoms with Crippen molar-refractivity contribution in [3.63, 3.8) is 0 Å². The first-order valence-electron chi connectivity index (χ1n) is 7.77. The van der Waals surface area contributed by atoms with Crippen molar-refractivity contribution in [2.75, 3.05) is 26.2 Å². The van der Waals surface area contributed by atoms with E-state index in [2.05, 4.69) is 10.4 Å². The van der Waals surface area contributed by atoms with Gasteiger partial charge in [-0.25, -0.2) is 8.42 Å². The third kappa shape index (κ3) is 4.08. The molecule has 0 aliphatic carbocycles. The molecule has 1 aliphatic rings. The second kappa shape index (κ2) is 8.28. The molecule has 0 saturated carbocycles. The Morgan fingerprint density at radius 1 is 1.42 bits per heavy atom. The number of sulfonamides is 1. The number of amides is 1. The van der Waals surface area contributed by atoms with Gasteiger partial charge in [-0.2, -0.15) is 9.40 Å². The number of carbonyl (C=O) groups excluding carboxylic acids is 1. The van der Waals surface area contributed by atoms with E-state index in [1.54, 1.807) is 25.6 Å². The van der Waals surface area contributed by atoms with Gasteiger partial charge < -0.3 is 11.1 Å². The lowest BCUT2D eigenvalue weighted by molar-refractivity contribution is -0.126. The topological polar surface area (TPSA) is 110 Å². The Hall–Kier alpha value is -1.16.